The normalized spacial score (nSPS) is 14.2. The third kappa shape index (κ3) is 11.5. The average Bonchev–Trinajstić information content (AvgIpc) is 2.80. The molecule has 0 aliphatic rings. The lowest BCUT2D eigenvalue weighted by atomic mass is 10.0. The maximum atomic E-state index is 13.0. The van der Waals surface area contributed by atoms with Gasteiger partial charge in [0.05, 0.1) is 12.5 Å². The molecule has 200 valence electrons. The first-order valence-corrected chi connectivity index (χ1v) is 13.0. The number of thioether (sulfide) groups is 1. The van der Waals surface area contributed by atoms with Crippen molar-refractivity contribution < 1.29 is 34.2 Å². The van der Waals surface area contributed by atoms with Gasteiger partial charge in [-0.2, -0.15) is 11.8 Å². The van der Waals surface area contributed by atoms with E-state index in [0.29, 0.717) is 17.7 Å². The summed E-state index contributed by atoms with van der Waals surface area (Å²) in [5.41, 5.74) is 6.54. The van der Waals surface area contributed by atoms with Crippen LogP contribution in [0.1, 0.15) is 38.7 Å². The Morgan fingerprint density at radius 2 is 1.44 bits per heavy atom. The van der Waals surface area contributed by atoms with E-state index >= 15 is 0 Å². The largest absolute Gasteiger partial charge is 0.481 e. The van der Waals surface area contributed by atoms with Crippen molar-refractivity contribution in [3.05, 3.63) is 35.9 Å². The van der Waals surface area contributed by atoms with Crippen molar-refractivity contribution in [2.45, 2.75) is 63.7 Å². The lowest BCUT2D eigenvalue weighted by molar-refractivity contribution is -0.143. The standard InChI is InChI=1S/C24H36N4O7S/c1-14(2)11-17(26-21(31)16(25)9-10-36-3)22(32)27-18(13-20(29)30)23(33)28-19(24(34)35)12-15-7-5-4-6-8-15/h4-8,14,16-19H,9-13,25H2,1-3H3,(H,26,31)(H,27,32)(H,28,33)(H,29,30)(H,34,35). The summed E-state index contributed by atoms with van der Waals surface area (Å²) in [4.78, 5) is 61.4. The lowest BCUT2D eigenvalue weighted by Gasteiger charge is -2.25. The van der Waals surface area contributed by atoms with E-state index in [-0.39, 0.29) is 18.8 Å². The number of nitrogens with one attached hydrogen (secondary N) is 3. The van der Waals surface area contributed by atoms with Crippen LogP contribution in [0.5, 0.6) is 0 Å². The molecule has 0 radical (unpaired) electrons. The molecule has 0 aromatic heterocycles. The average molecular weight is 525 g/mol. The second-order valence-electron chi connectivity index (χ2n) is 8.83. The minimum atomic E-state index is -1.55. The van der Waals surface area contributed by atoms with E-state index in [1.165, 1.54) is 11.8 Å². The van der Waals surface area contributed by atoms with Gasteiger partial charge in [-0.05, 0) is 36.3 Å². The number of carboxylic acid groups (broad SMARTS) is 2. The first-order valence-electron chi connectivity index (χ1n) is 11.6. The number of hydrogen-bond acceptors (Lipinski definition) is 7. The molecule has 7 N–H and O–H groups in total. The Bertz CT molecular complexity index is 898. The molecule has 11 nitrogen and oxygen atoms in total. The summed E-state index contributed by atoms with van der Waals surface area (Å²) < 4.78 is 0. The molecule has 36 heavy (non-hydrogen) atoms. The number of carboxylic acids is 2. The fourth-order valence-electron chi connectivity index (χ4n) is 3.34. The van der Waals surface area contributed by atoms with Gasteiger partial charge in [0.25, 0.3) is 0 Å². The van der Waals surface area contributed by atoms with Gasteiger partial charge in [0.2, 0.25) is 17.7 Å². The molecule has 0 saturated carbocycles. The highest BCUT2D eigenvalue weighted by Gasteiger charge is 2.32. The highest BCUT2D eigenvalue weighted by Crippen LogP contribution is 2.09. The molecule has 0 aliphatic carbocycles. The molecule has 0 fully saturated rings. The van der Waals surface area contributed by atoms with Crippen molar-refractivity contribution in [1.82, 2.24) is 16.0 Å². The van der Waals surface area contributed by atoms with Gasteiger partial charge < -0.3 is 31.9 Å². The van der Waals surface area contributed by atoms with Crippen LogP contribution in [0, 0.1) is 5.92 Å². The number of aliphatic carboxylic acids is 2. The van der Waals surface area contributed by atoms with Gasteiger partial charge in [0.15, 0.2) is 0 Å². The third-order valence-electron chi connectivity index (χ3n) is 5.22. The van der Waals surface area contributed by atoms with Gasteiger partial charge in [-0.15, -0.1) is 0 Å². The van der Waals surface area contributed by atoms with Gasteiger partial charge in [0.1, 0.15) is 18.1 Å². The number of carbonyl (C=O) groups excluding carboxylic acids is 3. The van der Waals surface area contributed by atoms with Crippen LogP contribution in [-0.2, 0) is 30.4 Å². The smallest absolute Gasteiger partial charge is 0.326 e. The predicted octanol–water partition coefficient (Wildman–Crippen LogP) is 0.369. The number of rotatable bonds is 16. The van der Waals surface area contributed by atoms with E-state index < -0.39 is 60.2 Å². The number of benzene rings is 1. The highest BCUT2D eigenvalue weighted by molar-refractivity contribution is 7.98. The van der Waals surface area contributed by atoms with Crippen molar-refractivity contribution in [1.29, 1.82) is 0 Å². The Labute approximate surface area is 215 Å². The fraction of sp³-hybridized carbons (Fsp3) is 0.542. The number of amides is 3. The molecule has 0 spiro atoms. The van der Waals surface area contributed by atoms with E-state index in [9.17, 15) is 34.2 Å². The van der Waals surface area contributed by atoms with E-state index in [1.807, 2.05) is 20.1 Å². The summed E-state index contributed by atoms with van der Waals surface area (Å²) in [6.07, 6.45) is 1.70. The van der Waals surface area contributed by atoms with E-state index in [1.54, 1.807) is 30.3 Å². The van der Waals surface area contributed by atoms with Crippen LogP contribution in [0.2, 0.25) is 0 Å². The Kier molecular flexibility index (Phi) is 13.6. The maximum absolute atomic E-state index is 13.0. The van der Waals surface area contributed by atoms with Gasteiger partial charge >= 0.3 is 11.9 Å². The van der Waals surface area contributed by atoms with Crippen LogP contribution in [0.3, 0.4) is 0 Å². The van der Waals surface area contributed by atoms with Crippen LogP contribution in [0.25, 0.3) is 0 Å². The number of carbonyl (C=O) groups is 5. The van der Waals surface area contributed by atoms with Crippen molar-refractivity contribution >= 4 is 41.4 Å². The summed E-state index contributed by atoms with van der Waals surface area (Å²) >= 11 is 1.53. The molecular formula is C24H36N4O7S. The topological polar surface area (TPSA) is 188 Å². The van der Waals surface area contributed by atoms with E-state index in [2.05, 4.69) is 16.0 Å². The fourth-order valence-corrected chi connectivity index (χ4v) is 3.83. The SMILES string of the molecule is CSCCC(N)C(=O)NC(CC(C)C)C(=O)NC(CC(=O)O)C(=O)NC(Cc1ccccc1)C(=O)O. The van der Waals surface area contributed by atoms with Crippen LogP contribution in [0.15, 0.2) is 30.3 Å². The molecule has 12 heteroatoms. The molecule has 0 heterocycles. The van der Waals surface area contributed by atoms with Crippen LogP contribution in [0.4, 0.5) is 0 Å². The highest BCUT2D eigenvalue weighted by atomic mass is 32.2. The van der Waals surface area contributed by atoms with Gasteiger partial charge in [-0.3, -0.25) is 19.2 Å². The Hall–Kier alpha value is -3.12. The molecule has 0 aliphatic heterocycles. The lowest BCUT2D eigenvalue weighted by Crippen LogP contribution is -2.58. The summed E-state index contributed by atoms with van der Waals surface area (Å²) in [6.45, 7) is 3.67. The predicted molar refractivity (Wildman–Crippen MR) is 136 cm³/mol. The summed E-state index contributed by atoms with van der Waals surface area (Å²) in [6, 6.07) is 3.83. The Balaban J connectivity index is 2.98. The van der Waals surface area contributed by atoms with E-state index in [4.69, 9.17) is 5.73 Å². The minimum absolute atomic E-state index is 0.0162. The summed E-state index contributed by atoms with van der Waals surface area (Å²) in [5.74, 6) is -4.28. The summed E-state index contributed by atoms with van der Waals surface area (Å²) in [5, 5.41) is 26.1. The minimum Gasteiger partial charge on any atom is -0.481 e. The number of hydrogen-bond donors (Lipinski definition) is 6. The van der Waals surface area contributed by atoms with Crippen LogP contribution < -0.4 is 21.7 Å². The zero-order chi connectivity index (χ0) is 27.3. The molecule has 3 amide bonds. The van der Waals surface area contributed by atoms with Gasteiger partial charge in [0, 0.05) is 6.42 Å². The zero-order valence-electron chi connectivity index (χ0n) is 20.7. The van der Waals surface area contributed by atoms with Crippen LogP contribution in [-0.4, -0.2) is 76.0 Å². The van der Waals surface area contributed by atoms with Gasteiger partial charge in [-0.25, -0.2) is 4.79 Å². The third-order valence-corrected chi connectivity index (χ3v) is 5.86. The zero-order valence-corrected chi connectivity index (χ0v) is 21.5. The molecule has 1 aromatic carbocycles. The van der Waals surface area contributed by atoms with Crippen molar-refractivity contribution in [3.8, 4) is 0 Å². The quantitative estimate of drug-likeness (QED) is 0.177. The molecule has 0 saturated heterocycles. The Morgan fingerprint density at radius 1 is 0.889 bits per heavy atom. The van der Waals surface area contributed by atoms with Crippen molar-refractivity contribution in [2.75, 3.05) is 12.0 Å². The Morgan fingerprint density at radius 3 is 1.97 bits per heavy atom. The van der Waals surface area contributed by atoms with E-state index in [0.717, 1.165) is 0 Å². The number of nitrogens with two attached hydrogens (primary N) is 1. The van der Waals surface area contributed by atoms with Crippen molar-refractivity contribution in [3.63, 3.8) is 0 Å². The molecule has 1 aromatic rings. The maximum Gasteiger partial charge on any atom is 0.326 e. The van der Waals surface area contributed by atoms with Gasteiger partial charge in [-0.1, -0.05) is 44.2 Å². The molecular weight excluding hydrogens is 488 g/mol. The molecule has 4 atom stereocenters. The second kappa shape index (κ2) is 15.8. The first kappa shape index (κ1) is 30.9. The second-order valence-corrected chi connectivity index (χ2v) is 9.81. The molecule has 0 bridgehead atoms. The molecule has 4 unspecified atom stereocenters. The summed E-state index contributed by atoms with van der Waals surface area (Å²) in [7, 11) is 0. The first-order chi connectivity index (χ1) is 16.9. The molecule has 1 rings (SSSR count). The van der Waals surface area contributed by atoms with Crippen molar-refractivity contribution in [2.24, 2.45) is 11.7 Å². The monoisotopic (exact) mass is 524 g/mol. The van der Waals surface area contributed by atoms with Crippen LogP contribution >= 0.6 is 11.8 Å².